The minimum atomic E-state index is 0.355. The molecule has 0 spiro atoms. The summed E-state index contributed by atoms with van der Waals surface area (Å²) < 4.78 is 0. The van der Waals surface area contributed by atoms with Gasteiger partial charge < -0.3 is 16.8 Å². The number of anilines is 1. The number of benzene rings is 1. The Bertz CT molecular complexity index is 362. The van der Waals surface area contributed by atoms with Gasteiger partial charge in [-0.2, -0.15) is 0 Å². The molecule has 5 N–H and O–H groups in total. The van der Waals surface area contributed by atoms with Crippen molar-refractivity contribution >= 4 is 23.2 Å². The Morgan fingerprint density at radius 3 is 2.87 bits per heavy atom. The molecule has 0 atom stereocenters. The second-order valence-corrected chi connectivity index (χ2v) is 3.35. The first kappa shape index (κ1) is 11.8. The highest BCUT2D eigenvalue weighted by molar-refractivity contribution is 6.34. The summed E-state index contributed by atoms with van der Waals surface area (Å²) in [6, 6.07) is 5.58. The average molecular weight is 227 g/mol. The summed E-state index contributed by atoms with van der Waals surface area (Å²) in [5.41, 5.74) is 12.8. The van der Waals surface area contributed by atoms with E-state index in [2.05, 4.69) is 10.3 Å². The van der Waals surface area contributed by atoms with Gasteiger partial charge in [0.05, 0.1) is 10.7 Å². The molecule has 0 aromatic heterocycles. The first-order valence-corrected chi connectivity index (χ1v) is 5.11. The van der Waals surface area contributed by atoms with Gasteiger partial charge in [-0.3, -0.25) is 4.99 Å². The van der Waals surface area contributed by atoms with Gasteiger partial charge >= 0.3 is 0 Å². The lowest BCUT2D eigenvalue weighted by Crippen LogP contribution is -2.23. The van der Waals surface area contributed by atoms with Gasteiger partial charge in [0.25, 0.3) is 0 Å². The van der Waals surface area contributed by atoms with Gasteiger partial charge in [-0.1, -0.05) is 23.7 Å². The number of nitrogens with two attached hydrogens (primary N) is 2. The second kappa shape index (κ2) is 5.58. The standard InChI is InChI=1S/C10H15ClN4/c1-2-14-10(13)15-8-5-3-4-7(6-12)9(8)11/h3-5H,2,6,12H2,1H3,(H3,13,14,15). The zero-order chi connectivity index (χ0) is 11.3. The maximum absolute atomic E-state index is 6.10. The van der Waals surface area contributed by atoms with E-state index in [1.807, 2.05) is 25.1 Å². The van der Waals surface area contributed by atoms with E-state index in [-0.39, 0.29) is 0 Å². The van der Waals surface area contributed by atoms with Crippen LogP contribution >= 0.6 is 11.6 Å². The van der Waals surface area contributed by atoms with Crippen molar-refractivity contribution in [1.82, 2.24) is 0 Å². The van der Waals surface area contributed by atoms with Crippen LogP contribution in [0.15, 0.2) is 23.2 Å². The summed E-state index contributed by atoms with van der Waals surface area (Å²) in [6.45, 7) is 2.94. The van der Waals surface area contributed by atoms with E-state index in [0.29, 0.717) is 24.1 Å². The number of rotatable bonds is 3. The molecule has 0 saturated heterocycles. The van der Waals surface area contributed by atoms with Crippen LogP contribution in [-0.4, -0.2) is 12.5 Å². The third-order valence-corrected chi connectivity index (χ3v) is 2.34. The average Bonchev–Trinajstić information content (AvgIpc) is 2.21. The summed E-state index contributed by atoms with van der Waals surface area (Å²) in [4.78, 5) is 4.01. The summed E-state index contributed by atoms with van der Waals surface area (Å²) in [5.74, 6) is 0.355. The molecule has 0 heterocycles. The Morgan fingerprint density at radius 2 is 2.27 bits per heavy atom. The summed E-state index contributed by atoms with van der Waals surface area (Å²) in [6.07, 6.45) is 0. The van der Waals surface area contributed by atoms with Gasteiger partial charge in [0, 0.05) is 13.1 Å². The van der Waals surface area contributed by atoms with Crippen LogP contribution in [0.5, 0.6) is 0 Å². The molecule has 0 fully saturated rings. The molecule has 4 nitrogen and oxygen atoms in total. The fourth-order valence-corrected chi connectivity index (χ4v) is 1.43. The van der Waals surface area contributed by atoms with Crippen LogP contribution in [0.1, 0.15) is 12.5 Å². The molecule has 0 amide bonds. The van der Waals surface area contributed by atoms with Crippen molar-refractivity contribution in [3.8, 4) is 0 Å². The monoisotopic (exact) mass is 226 g/mol. The highest BCUT2D eigenvalue weighted by Crippen LogP contribution is 2.25. The van der Waals surface area contributed by atoms with Gasteiger partial charge in [-0.25, -0.2) is 0 Å². The molecule has 0 radical (unpaired) electrons. The maximum atomic E-state index is 6.10. The van der Waals surface area contributed by atoms with Crippen LogP contribution in [0, 0.1) is 0 Å². The Balaban J connectivity index is 2.90. The highest BCUT2D eigenvalue weighted by atomic mass is 35.5. The number of aliphatic imine (C=N–C) groups is 1. The van der Waals surface area contributed by atoms with Crippen LogP contribution < -0.4 is 16.8 Å². The van der Waals surface area contributed by atoms with E-state index in [9.17, 15) is 0 Å². The van der Waals surface area contributed by atoms with Crippen molar-refractivity contribution in [2.45, 2.75) is 13.5 Å². The number of hydrogen-bond donors (Lipinski definition) is 3. The predicted octanol–water partition coefficient (Wildman–Crippen LogP) is 1.55. The molecule has 0 aliphatic heterocycles. The fraction of sp³-hybridized carbons (Fsp3) is 0.300. The number of nitrogens with one attached hydrogen (secondary N) is 1. The van der Waals surface area contributed by atoms with Crippen molar-refractivity contribution in [2.75, 3.05) is 11.9 Å². The minimum Gasteiger partial charge on any atom is -0.370 e. The van der Waals surface area contributed by atoms with E-state index >= 15 is 0 Å². The highest BCUT2D eigenvalue weighted by Gasteiger charge is 2.04. The van der Waals surface area contributed by atoms with Crippen LogP contribution in [-0.2, 0) is 6.54 Å². The Hall–Kier alpha value is -1.26. The van der Waals surface area contributed by atoms with Crippen LogP contribution in [0.2, 0.25) is 5.02 Å². The van der Waals surface area contributed by atoms with Gasteiger partial charge in [0.2, 0.25) is 0 Å². The number of hydrogen-bond acceptors (Lipinski definition) is 2. The zero-order valence-electron chi connectivity index (χ0n) is 8.63. The molecular formula is C10H15ClN4. The molecule has 0 aliphatic carbocycles. The molecule has 1 aromatic carbocycles. The van der Waals surface area contributed by atoms with Gasteiger partial charge in [0.15, 0.2) is 5.96 Å². The van der Waals surface area contributed by atoms with Crippen LogP contribution in [0.25, 0.3) is 0 Å². The predicted molar refractivity (Wildman–Crippen MR) is 65.1 cm³/mol. The van der Waals surface area contributed by atoms with Crippen LogP contribution in [0.3, 0.4) is 0 Å². The number of halogens is 1. The lowest BCUT2D eigenvalue weighted by Gasteiger charge is -2.09. The fourth-order valence-electron chi connectivity index (χ4n) is 1.18. The van der Waals surface area contributed by atoms with E-state index in [1.54, 1.807) is 0 Å². The molecule has 1 aromatic rings. The third kappa shape index (κ3) is 3.11. The van der Waals surface area contributed by atoms with Gasteiger partial charge in [-0.15, -0.1) is 0 Å². The van der Waals surface area contributed by atoms with E-state index in [0.717, 1.165) is 11.3 Å². The molecule has 0 aliphatic rings. The lowest BCUT2D eigenvalue weighted by molar-refractivity contribution is 1.07. The van der Waals surface area contributed by atoms with Crippen molar-refractivity contribution in [2.24, 2.45) is 16.5 Å². The van der Waals surface area contributed by atoms with Gasteiger partial charge in [-0.05, 0) is 18.6 Å². The SMILES string of the molecule is CCN=C(N)Nc1cccc(CN)c1Cl. The molecule has 82 valence electrons. The van der Waals surface area contributed by atoms with Crippen molar-refractivity contribution in [3.63, 3.8) is 0 Å². The van der Waals surface area contributed by atoms with Gasteiger partial charge in [0.1, 0.15) is 0 Å². The normalized spacial score (nSPS) is 11.5. The zero-order valence-corrected chi connectivity index (χ0v) is 9.38. The maximum Gasteiger partial charge on any atom is 0.193 e. The largest absolute Gasteiger partial charge is 0.370 e. The van der Waals surface area contributed by atoms with E-state index in [1.165, 1.54) is 0 Å². The first-order chi connectivity index (χ1) is 7.19. The number of nitrogens with zero attached hydrogens (tertiary/aromatic N) is 1. The Labute approximate surface area is 94.3 Å². The van der Waals surface area contributed by atoms with Crippen molar-refractivity contribution in [1.29, 1.82) is 0 Å². The molecule has 15 heavy (non-hydrogen) atoms. The summed E-state index contributed by atoms with van der Waals surface area (Å²) in [7, 11) is 0. The minimum absolute atomic E-state index is 0.355. The molecule has 1 rings (SSSR count). The van der Waals surface area contributed by atoms with Crippen LogP contribution in [0.4, 0.5) is 5.69 Å². The number of guanidine groups is 1. The molecular weight excluding hydrogens is 212 g/mol. The molecule has 0 bridgehead atoms. The lowest BCUT2D eigenvalue weighted by atomic mass is 10.2. The van der Waals surface area contributed by atoms with Crippen molar-refractivity contribution in [3.05, 3.63) is 28.8 Å². The van der Waals surface area contributed by atoms with E-state index in [4.69, 9.17) is 23.1 Å². The quantitative estimate of drug-likeness (QED) is 0.541. The second-order valence-electron chi connectivity index (χ2n) is 2.97. The molecule has 0 saturated carbocycles. The summed E-state index contributed by atoms with van der Waals surface area (Å²) in [5, 5.41) is 3.52. The molecule has 0 unspecified atom stereocenters. The first-order valence-electron chi connectivity index (χ1n) is 4.73. The Kier molecular flexibility index (Phi) is 4.39. The third-order valence-electron chi connectivity index (χ3n) is 1.89. The smallest absolute Gasteiger partial charge is 0.193 e. The topological polar surface area (TPSA) is 76.4 Å². The Morgan fingerprint density at radius 1 is 1.53 bits per heavy atom. The summed E-state index contributed by atoms with van der Waals surface area (Å²) >= 11 is 6.10. The van der Waals surface area contributed by atoms with Crippen molar-refractivity contribution < 1.29 is 0 Å². The van der Waals surface area contributed by atoms with E-state index < -0.39 is 0 Å². The molecule has 5 heteroatoms.